The second kappa shape index (κ2) is 48.0. The molecular formula is C50H103N. The van der Waals surface area contributed by atoms with Gasteiger partial charge in [0.05, 0.1) is 0 Å². The number of nitrogens with zero attached hydrogens (tertiary/aromatic N) is 1. The monoisotopic (exact) mass is 718 g/mol. The number of unbranched alkanes of at least 4 members (excludes halogenated alkanes) is 41. The van der Waals surface area contributed by atoms with Crippen LogP contribution < -0.4 is 0 Å². The maximum absolute atomic E-state index is 2.88. The minimum atomic E-state index is 1.37. The largest absolute Gasteiger partial charge is 0.303 e. The van der Waals surface area contributed by atoms with Crippen molar-refractivity contribution in [3.8, 4) is 0 Å². The van der Waals surface area contributed by atoms with Crippen molar-refractivity contribution in [1.82, 2.24) is 4.90 Å². The van der Waals surface area contributed by atoms with Gasteiger partial charge in [-0.2, -0.15) is 0 Å². The summed E-state index contributed by atoms with van der Waals surface area (Å²) in [7, 11) is 0. The molecule has 0 atom stereocenters. The van der Waals surface area contributed by atoms with Crippen molar-refractivity contribution in [3.63, 3.8) is 0 Å². The van der Waals surface area contributed by atoms with Crippen molar-refractivity contribution in [2.45, 2.75) is 303 Å². The van der Waals surface area contributed by atoms with Gasteiger partial charge in [0.25, 0.3) is 0 Å². The number of hydrogen-bond donors (Lipinski definition) is 0. The van der Waals surface area contributed by atoms with E-state index in [0.29, 0.717) is 0 Å². The molecule has 0 aliphatic heterocycles. The Morgan fingerprint density at radius 3 is 0.412 bits per heavy atom. The van der Waals surface area contributed by atoms with Crippen LogP contribution in [0.2, 0.25) is 0 Å². The lowest BCUT2D eigenvalue weighted by Gasteiger charge is -2.22. The van der Waals surface area contributed by atoms with Gasteiger partial charge in [0.1, 0.15) is 0 Å². The van der Waals surface area contributed by atoms with Crippen molar-refractivity contribution >= 4 is 0 Å². The van der Waals surface area contributed by atoms with Gasteiger partial charge >= 0.3 is 0 Å². The van der Waals surface area contributed by atoms with Gasteiger partial charge in [-0.05, 0) is 38.9 Å². The molecule has 0 saturated carbocycles. The van der Waals surface area contributed by atoms with E-state index in [1.165, 1.54) is 302 Å². The molecular weight excluding hydrogens is 615 g/mol. The predicted molar refractivity (Wildman–Crippen MR) is 237 cm³/mol. The Labute approximate surface area is 326 Å². The smallest absolute Gasteiger partial charge is 0.00187 e. The maximum atomic E-state index is 2.88. The minimum Gasteiger partial charge on any atom is -0.303 e. The molecule has 0 heterocycles. The molecule has 0 saturated heterocycles. The minimum absolute atomic E-state index is 1.37. The summed E-state index contributed by atoms with van der Waals surface area (Å²) in [5.41, 5.74) is 0. The van der Waals surface area contributed by atoms with Crippen molar-refractivity contribution in [3.05, 3.63) is 0 Å². The van der Waals surface area contributed by atoms with Gasteiger partial charge in [-0.25, -0.2) is 0 Å². The fourth-order valence-electron chi connectivity index (χ4n) is 8.28. The summed E-state index contributed by atoms with van der Waals surface area (Å²) in [4.78, 5) is 2.88. The summed E-state index contributed by atoms with van der Waals surface area (Å²) in [6, 6.07) is 0. The lowest BCUT2D eigenvalue weighted by molar-refractivity contribution is 0.254. The predicted octanol–water partition coefficient (Wildman–Crippen LogP) is 18.5. The summed E-state index contributed by atoms with van der Waals surface area (Å²) < 4.78 is 0. The van der Waals surface area contributed by atoms with Gasteiger partial charge in [-0.3, -0.25) is 0 Å². The summed E-state index contributed by atoms with van der Waals surface area (Å²) in [5.74, 6) is 0. The quantitative estimate of drug-likeness (QED) is 0.0567. The van der Waals surface area contributed by atoms with Crippen LogP contribution in [-0.4, -0.2) is 24.5 Å². The van der Waals surface area contributed by atoms with E-state index in [4.69, 9.17) is 0 Å². The topological polar surface area (TPSA) is 3.24 Å². The molecule has 0 N–H and O–H groups in total. The highest BCUT2D eigenvalue weighted by atomic mass is 15.1. The van der Waals surface area contributed by atoms with Crippen molar-refractivity contribution < 1.29 is 0 Å². The molecule has 0 aromatic carbocycles. The Morgan fingerprint density at radius 2 is 0.275 bits per heavy atom. The zero-order valence-electron chi connectivity index (χ0n) is 36.7. The van der Waals surface area contributed by atoms with Crippen molar-refractivity contribution in [1.29, 1.82) is 0 Å². The van der Waals surface area contributed by atoms with E-state index in [-0.39, 0.29) is 0 Å². The molecule has 0 unspecified atom stereocenters. The number of rotatable bonds is 47. The molecule has 0 aliphatic carbocycles. The fraction of sp³-hybridized carbons (Fsp3) is 1.00. The van der Waals surface area contributed by atoms with Gasteiger partial charge in [-0.1, -0.05) is 284 Å². The maximum Gasteiger partial charge on any atom is -0.00187 e. The van der Waals surface area contributed by atoms with Crippen LogP contribution >= 0.6 is 0 Å². The summed E-state index contributed by atoms with van der Waals surface area (Å²) in [6.45, 7) is 11.1. The SMILES string of the molecule is CCCCCCCCCCCCCCCCCN(CCCCCCCCCCCCCCCC)CCCCCCCCCCCCCCCCC. The lowest BCUT2D eigenvalue weighted by atomic mass is 10.0. The highest BCUT2D eigenvalue weighted by molar-refractivity contribution is 4.61. The van der Waals surface area contributed by atoms with Crippen LogP contribution in [0.1, 0.15) is 303 Å². The Balaban J connectivity index is 3.93. The highest BCUT2D eigenvalue weighted by Crippen LogP contribution is 2.17. The summed E-state index contributed by atoms with van der Waals surface area (Å²) >= 11 is 0. The normalized spacial score (nSPS) is 11.8. The van der Waals surface area contributed by atoms with Crippen LogP contribution in [0.15, 0.2) is 0 Å². The van der Waals surface area contributed by atoms with Gasteiger partial charge in [-0.15, -0.1) is 0 Å². The molecule has 0 fully saturated rings. The first-order chi connectivity index (χ1) is 25.3. The fourth-order valence-corrected chi connectivity index (χ4v) is 8.28. The molecule has 0 spiro atoms. The van der Waals surface area contributed by atoms with Crippen LogP contribution in [0.3, 0.4) is 0 Å². The Kier molecular flexibility index (Phi) is 47.9. The number of hydrogen-bond acceptors (Lipinski definition) is 1. The summed E-state index contributed by atoms with van der Waals surface area (Å²) in [6.07, 6.45) is 64.6. The van der Waals surface area contributed by atoms with Gasteiger partial charge in [0.15, 0.2) is 0 Å². The average molecular weight is 718 g/mol. The molecule has 308 valence electrons. The van der Waals surface area contributed by atoms with Crippen LogP contribution in [0, 0.1) is 0 Å². The average Bonchev–Trinajstić information content (AvgIpc) is 3.14. The highest BCUT2D eigenvalue weighted by Gasteiger charge is 2.06. The third-order valence-corrected chi connectivity index (χ3v) is 12.0. The van der Waals surface area contributed by atoms with Crippen LogP contribution in [-0.2, 0) is 0 Å². The van der Waals surface area contributed by atoms with E-state index in [1.807, 2.05) is 0 Å². The lowest BCUT2D eigenvalue weighted by Crippen LogP contribution is -2.27. The van der Waals surface area contributed by atoms with Crippen molar-refractivity contribution in [2.75, 3.05) is 19.6 Å². The first kappa shape index (κ1) is 51.0. The molecule has 0 amide bonds. The Hall–Kier alpha value is -0.0400. The molecule has 1 heteroatoms. The van der Waals surface area contributed by atoms with E-state index in [0.717, 1.165) is 0 Å². The van der Waals surface area contributed by atoms with Crippen molar-refractivity contribution in [2.24, 2.45) is 0 Å². The molecule has 0 aromatic rings. The van der Waals surface area contributed by atoms with E-state index in [9.17, 15) is 0 Å². The van der Waals surface area contributed by atoms with Crippen LogP contribution in [0.4, 0.5) is 0 Å². The zero-order valence-corrected chi connectivity index (χ0v) is 36.7. The molecule has 0 aromatic heterocycles. The first-order valence-corrected chi connectivity index (χ1v) is 25.1. The molecule has 51 heavy (non-hydrogen) atoms. The third-order valence-electron chi connectivity index (χ3n) is 12.0. The molecule has 0 bridgehead atoms. The van der Waals surface area contributed by atoms with Gasteiger partial charge in [0.2, 0.25) is 0 Å². The van der Waals surface area contributed by atoms with E-state index in [1.54, 1.807) is 0 Å². The first-order valence-electron chi connectivity index (χ1n) is 25.1. The third kappa shape index (κ3) is 46.0. The molecule has 0 aliphatic rings. The van der Waals surface area contributed by atoms with E-state index >= 15 is 0 Å². The Bertz CT molecular complexity index is 537. The second-order valence-corrected chi connectivity index (χ2v) is 17.3. The standard InChI is InChI=1S/C50H103N/c1-4-7-10-13-16-19-22-25-28-31-34-37-40-43-46-49-51(48-45-42-39-36-33-30-27-24-21-18-15-12-9-6-3)50-47-44-41-38-35-32-29-26-23-20-17-14-11-8-5-2/h4-50H2,1-3H3. The Morgan fingerprint density at radius 1 is 0.157 bits per heavy atom. The van der Waals surface area contributed by atoms with E-state index in [2.05, 4.69) is 25.7 Å². The summed E-state index contributed by atoms with van der Waals surface area (Å²) in [5, 5.41) is 0. The van der Waals surface area contributed by atoms with Crippen LogP contribution in [0.25, 0.3) is 0 Å². The van der Waals surface area contributed by atoms with Gasteiger partial charge in [0, 0.05) is 0 Å². The van der Waals surface area contributed by atoms with Crippen LogP contribution in [0.5, 0.6) is 0 Å². The molecule has 1 nitrogen and oxygen atoms in total. The zero-order chi connectivity index (χ0) is 36.8. The van der Waals surface area contributed by atoms with E-state index < -0.39 is 0 Å². The second-order valence-electron chi connectivity index (χ2n) is 17.3. The molecule has 0 radical (unpaired) electrons. The molecule has 0 rings (SSSR count). The van der Waals surface area contributed by atoms with Gasteiger partial charge < -0.3 is 4.90 Å².